The molecule has 1 saturated carbocycles. The van der Waals surface area contributed by atoms with E-state index in [1.165, 1.54) is 29.8 Å². The first-order chi connectivity index (χ1) is 14.0. The van der Waals surface area contributed by atoms with Crippen molar-refractivity contribution in [3.63, 3.8) is 0 Å². The number of aldehydes is 1. The largest absolute Gasteiger partial charge is 0.332 e. The monoisotopic (exact) mass is 393 g/mol. The topological polar surface area (TPSA) is 74.0 Å². The summed E-state index contributed by atoms with van der Waals surface area (Å²) in [4.78, 5) is 41.6. The van der Waals surface area contributed by atoms with Gasteiger partial charge in [-0.25, -0.2) is 14.2 Å². The molecule has 0 atom stereocenters. The van der Waals surface area contributed by atoms with E-state index >= 15 is 0 Å². The number of hydrogen-bond donors (Lipinski definition) is 0. The Morgan fingerprint density at radius 3 is 2.48 bits per heavy atom. The number of nitrogens with zero attached hydrogens (tertiary/aromatic N) is 3. The number of carbonyl (C=O) groups excluding carboxylic acids is 1. The molecule has 29 heavy (non-hydrogen) atoms. The van der Waals surface area contributed by atoms with Crippen LogP contribution >= 0.6 is 0 Å². The minimum absolute atomic E-state index is 0.203. The maximum Gasteiger partial charge on any atom is 0.332 e. The highest BCUT2D eigenvalue weighted by Crippen LogP contribution is 2.44. The molecular weight excluding hydrogens is 373 g/mol. The molecule has 0 N–H and O–H groups in total. The lowest BCUT2D eigenvalue weighted by molar-refractivity contribution is -0.104. The molecule has 148 valence electrons. The lowest BCUT2D eigenvalue weighted by Crippen LogP contribution is -2.38. The van der Waals surface area contributed by atoms with Crippen LogP contribution < -0.4 is 11.2 Å². The molecule has 1 aliphatic rings. The second kappa shape index (κ2) is 7.24. The van der Waals surface area contributed by atoms with E-state index in [-0.39, 0.29) is 11.3 Å². The van der Waals surface area contributed by atoms with Gasteiger partial charge in [0.2, 0.25) is 0 Å². The lowest BCUT2D eigenvalue weighted by atomic mass is 9.93. The fourth-order valence-electron chi connectivity index (χ4n) is 3.70. The van der Waals surface area contributed by atoms with Gasteiger partial charge in [-0.15, -0.1) is 0 Å². The van der Waals surface area contributed by atoms with Crippen molar-refractivity contribution in [2.75, 3.05) is 0 Å². The van der Waals surface area contributed by atoms with E-state index in [4.69, 9.17) is 4.98 Å². The summed E-state index contributed by atoms with van der Waals surface area (Å²) < 4.78 is 16.1. The van der Waals surface area contributed by atoms with Gasteiger partial charge in [-0.3, -0.25) is 18.7 Å². The van der Waals surface area contributed by atoms with Gasteiger partial charge in [0.25, 0.3) is 5.56 Å². The zero-order chi connectivity index (χ0) is 20.7. The van der Waals surface area contributed by atoms with Crippen molar-refractivity contribution in [2.24, 2.45) is 7.05 Å². The average Bonchev–Trinajstić information content (AvgIpc) is 3.56. The van der Waals surface area contributed by atoms with Crippen molar-refractivity contribution in [1.82, 2.24) is 14.1 Å². The molecule has 6 nitrogen and oxygen atoms in total. The van der Waals surface area contributed by atoms with Crippen LogP contribution in [0.15, 0.2) is 39.9 Å². The van der Waals surface area contributed by atoms with Crippen LogP contribution in [0.4, 0.5) is 4.39 Å². The van der Waals surface area contributed by atoms with Gasteiger partial charge in [-0.2, -0.15) is 0 Å². The number of benzene rings is 1. The third-order valence-electron chi connectivity index (χ3n) is 5.29. The number of pyridine rings is 1. The van der Waals surface area contributed by atoms with Crippen molar-refractivity contribution in [1.29, 1.82) is 0 Å². The van der Waals surface area contributed by atoms with Gasteiger partial charge in [0, 0.05) is 30.6 Å². The van der Waals surface area contributed by atoms with Crippen LogP contribution in [0.3, 0.4) is 0 Å². The number of fused-ring (bicyclic) bond motifs is 1. The van der Waals surface area contributed by atoms with Crippen LogP contribution in [0.5, 0.6) is 0 Å². The maximum atomic E-state index is 13.6. The van der Waals surface area contributed by atoms with Gasteiger partial charge in [0.05, 0.1) is 11.1 Å². The third kappa shape index (κ3) is 3.12. The number of halogens is 1. The predicted molar refractivity (Wildman–Crippen MR) is 109 cm³/mol. The van der Waals surface area contributed by atoms with Gasteiger partial charge < -0.3 is 0 Å². The molecule has 2 aromatic heterocycles. The summed E-state index contributed by atoms with van der Waals surface area (Å²) in [6.45, 7) is 2.18. The Bertz CT molecular complexity index is 1270. The number of carbonyl (C=O) groups is 1. The molecule has 1 aromatic carbocycles. The molecule has 4 rings (SSSR count). The molecule has 1 fully saturated rings. The summed E-state index contributed by atoms with van der Waals surface area (Å²) in [5.74, 6) is -0.188. The molecule has 0 saturated heterocycles. The first kappa shape index (κ1) is 19.0. The molecule has 0 aliphatic heterocycles. The Kier molecular flexibility index (Phi) is 4.74. The summed E-state index contributed by atoms with van der Waals surface area (Å²) in [6.07, 6.45) is 5.57. The van der Waals surface area contributed by atoms with E-state index in [0.717, 1.165) is 23.1 Å². The molecule has 7 heteroatoms. The molecule has 0 bridgehead atoms. The molecule has 0 amide bonds. The van der Waals surface area contributed by atoms with Crippen LogP contribution in [-0.2, 0) is 18.4 Å². The van der Waals surface area contributed by atoms with Crippen molar-refractivity contribution >= 4 is 23.4 Å². The van der Waals surface area contributed by atoms with Crippen LogP contribution in [0.1, 0.15) is 36.9 Å². The van der Waals surface area contributed by atoms with Crippen LogP contribution in [0, 0.1) is 5.82 Å². The van der Waals surface area contributed by atoms with E-state index in [9.17, 15) is 18.8 Å². The number of aromatic nitrogens is 3. The normalized spacial score (nSPS) is 14.0. The number of hydrogen-bond acceptors (Lipinski definition) is 4. The SMILES string of the molecule is CCn1c(=O)n(C)c(=O)c2c(-c3ccc(F)cc3)c(/C=C/C=O)c(C3CC3)nc21. The molecule has 0 unspecified atom stereocenters. The standard InChI is InChI=1S/C22H20FN3O3/c1-3-26-20-18(21(28)25(2)22(26)29)17(13-8-10-15(23)11-9-13)16(5-4-12-27)19(24-20)14-6-7-14/h4-5,8-12,14H,3,6-7H2,1-2H3/b5-4+. The Morgan fingerprint density at radius 2 is 1.90 bits per heavy atom. The van der Waals surface area contributed by atoms with Gasteiger partial charge in [-0.05, 0) is 49.6 Å². The van der Waals surface area contributed by atoms with Crippen LogP contribution in [0.2, 0.25) is 0 Å². The van der Waals surface area contributed by atoms with Gasteiger partial charge in [0.1, 0.15) is 12.1 Å². The summed E-state index contributed by atoms with van der Waals surface area (Å²) in [7, 11) is 1.43. The minimum atomic E-state index is -0.468. The molecule has 0 spiro atoms. The number of aryl methyl sites for hydroxylation is 1. The Morgan fingerprint density at radius 1 is 1.21 bits per heavy atom. The fourth-order valence-corrected chi connectivity index (χ4v) is 3.70. The Hall–Kier alpha value is -3.35. The van der Waals surface area contributed by atoms with Gasteiger partial charge in [0.15, 0.2) is 5.65 Å². The van der Waals surface area contributed by atoms with Crippen LogP contribution in [0.25, 0.3) is 28.2 Å². The van der Waals surface area contributed by atoms with E-state index in [2.05, 4.69) is 0 Å². The average molecular weight is 393 g/mol. The molecule has 1 aliphatic carbocycles. The minimum Gasteiger partial charge on any atom is -0.299 e. The van der Waals surface area contributed by atoms with Crippen molar-refractivity contribution in [3.05, 3.63) is 68.3 Å². The second-order valence-corrected chi connectivity index (χ2v) is 7.15. The Balaban J connectivity index is 2.26. The van der Waals surface area contributed by atoms with Gasteiger partial charge in [-0.1, -0.05) is 12.1 Å². The summed E-state index contributed by atoms with van der Waals surface area (Å²) in [6, 6.07) is 5.84. The molecule has 0 radical (unpaired) electrons. The fraction of sp³-hybridized carbons (Fsp3) is 0.273. The van der Waals surface area contributed by atoms with Gasteiger partial charge >= 0.3 is 5.69 Å². The molecule has 3 aromatic rings. The quantitative estimate of drug-likeness (QED) is 0.493. The first-order valence-electron chi connectivity index (χ1n) is 9.53. The highest BCUT2D eigenvalue weighted by atomic mass is 19.1. The molecule has 2 heterocycles. The summed E-state index contributed by atoms with van der Waals surface area (Å²) >= 11 is 0. The summed E-state index contributed by atoms with van der Waals surface area (Å²) in [5, 5.41) is 0.288. The molecular formula is C22H20FN3O3. The van der Waals surface area contributed by atoms with Crippen molar-refractivity contribution < 1.29 is 9.18 Å². The van der Waals surface area contributed by atoms with Crippen molar-refractivity contribution in [2.45, 2.75) is 32.2 Å². The van der Waals surface area contributed by atoms with Crippen LogP contribution in [-0.4, -0.2) is 20.4 Å². The van der Waals surface area contributed by atoms with Crippen molar-refractivity contribution in [3.8, 4) is 11.1 Å². The Labute approximate surface area is 165 Å². The van der Waals surface area contributed by atoms with E-state index < -0.39 is 17.1 Å². The predicted octanol–water partition coefficient (Wildman–Crippen LogP) is 3.01. The van der Waals surface area contributed by atoms with E-state index in [1.807, 2.05) is 6.92 Å². The maximum absolute atomic E-state index is 13.6. The zero-order valence-electron chi connectivity index (χ0n) is 16.2. The highest BCUT2D eigenvalue weighted by molar-refractivity contribution is 5.98. The smallest absolute Gasteiger partial charge is 0.299 e. The lowest BCUT2D eigenvalue weighted by Gasteiger charge is -2.18. The third-order valence-corrected chi connectivity index (χ3v) is 5.29. The number of allylic oxidation sites excluding steroid dienone is 1. The number of rotatable bonds is 5. The highest BCUT2D eigenvalue weighted by Gasteiger charge is 2.31. The second-order valence-electron chi connectivity index (χ2n) is 7.15. The summed E-state index contributed by atoms with van der Waals surface area (Å²) in [5.41, 5.74) is 2.04. The first-order valence-corrected chi connectivity index (χ1v) is 9.53. The van der Waals surface area contributed by atoms with E-state index in [0.29, 0.717) is 35.2 Å². The zero-order valence-corrected chi connectivity index (χ0v) is 16.2. The van der Waals surface area contributed by atoms with E-state index in [1.54, 1.807) is 18.2 Å².